The minimum Gasteiger partial charge on any atom is -0.393 e. The lowest BCUT2D eigenvalue weighted by atomic mass is 9.89. The van der Waals surface area contributed by atoms with Gasteiger partial charge < -0.3 is 29.9 Å². The molecule has 0 saturated carbocycles. The van der Waals surface area contributed by atoms with E-state index in [4.69, 9.17) is 9.47 Å². The Morgan fingerprint density at radius 2 is 1.62 bits per heavy atom. The summed E-state index contributed by atoms with van der Waals surface area (Å²) in [6.45, 7) is 3.60. The second-order valence-corrected chi connectivity index (χ2v) is 6.02. The highest BCUT2D eigenvalue weighted by atomic mass is 16.7. The van der Waals surface area contributed by atoms with Crippen molar-refractivity contribution in [2.75, 3.05) is 13.2 Å². The van der Waals surface area contributed by atoms with Crippen LogP contribution in [0.3, 0.4) is 0 Å². The van der Waals surface area contributed by atoms with Crippen LogP contribution in [-0.2, 0) is 9.47 Å². The highest BCUT2D eigenvalue weighted by Gasteiger charge is 2.51. The second-order valence-electron chi connectivity index (χ2n) is 6.02. The fourth-order valence-electron chi connectivity index (χ4n) is 2.46. The van der Waals surface area contributed by atoms with Crippen LogP contribution in [-0.4, -0.2) is 63.8 Å². The third-order valence-corrected chi connectivity index (χ3v) is 4.06. The Hall–Kier alpha value is -0.240. The van der Waals surface area contributed by atoms with E-state index in [1.165, 1.54) is 26.2 Å². The third kappa shape index (κ3) is 5.16. The number of ether oxygens (including phenoxy) is 2. The molecule has 6 nitrogen and oxygen atoms in total. The van der Waals surface area contributed by atoms with E-state index in [-0.39, 0.29) is 0 Å². The molecule has 2 unspecified atom stereocenters. The molecule has 1 aliphatic rings. The summed E-state index contributed by atoms with van der Waals surface area (Å²) in [5, 5.41) is 38.8. The van der Waals surface area contributed by atoms with Gasteiger partial charge in [-0.25, -0.2) is 0 Å². The summed E-state index contributed by atoms with van der Waals surface area (Å²) in [6.07, 6.45) is 1.61. The van der Waals surface area contributed by atoms with Crippen LogP contribution in [0.15, 0.2) is 0 Å². The Bertz CT molecular complexity index is 287. The van der Waals surface area contributed by atoms with Gasteiger partial charge in [0.15, 0.2) is 6.29 Å². The molecule has 0 amide bonds. The van der Waals surface area contributed by atoms with Gasteiger partial charge in [-0.15, -0.1) is 0 Å². The Kier molecular flexibility index (Phi) is 8.08. The van der Waals surface area contributed by atoms with E-state index < -0.39 is 36.8 Å². The molecule has 0 aromatic rings. The molecule has 126 valence electrons. The Morgan fingerprint density at radius 3 is 2.24 bits per heavy atom. The van der Waals surface area contributed by atoms with Crippen molar-refractivity contribution in [3.05, 3.63) is 0 Å². The molecular weight excluding hydrogens is 276 g/mol. The lowest BCUT2D eigenvalue weighted by Crippen LogP contribution is -2.65. The first kappa shape index (κ1) is 18.8. The van der Waals surface area contributed by atoms with E-state index in [2.05, 4.69) is 6.92 Å². The van der Waals surface area contributed by atoms with Crippen molar-refractivity contribution in [3.63, 3.8) is 0 Å². The highest BCUT2D eigenvalue weighted by molar-refractivity contribution is 4.97. The lowest BCUT2D eigenvalue weighted by Gasteiger charge is -2.45. The zero-order valence-electron chi connectivity index (χ0n) is 13.1. The quantitative estimate of drug-likeness (QED) is 0.464. The predicted molar refractivity (Wildman–Crippen MR) is 77.7 cm³/mol. The SMILES string of the molecule is CCCCCCCCO[C@@H]1OC(C)(CO)[C@@H](O)[C@H](O)C1O. The zero-order chi connectivity index (χ0) is 15.9. The first-order valence-electron chi connectivity index (χ1n) is 7.90. The number of aliphatic hydroxyl groups excluding tert-OH is 4. The normalized spacial score (nSPS) is 36.9. The fourth-order valence-corrected chi connectivity index (χ4v) is 2.46. The molecule has 1 fully saturated rings. The van der Waals surface area contributed by atoms with Gasteiger partial charge in [0.1, 0.15) is 23.9 Å². The van der Waals surface area contributed by atoms with Gasteiger partial charge in [-0.05, 0) is 13.3 Å². The van der Waals surface area contributed by atoms with Gasteiger partial charge in [0, 0.05) is 6.61 Å². The van der Waals surface area contributed by atoms with Crippen molar-refractivity contribution >= 4 is 0 Å². The molecule has 0 aliphatic carbocycles. The van der Waals surface area contributed by atoms with Gasteiger partial charge in [-0.1, -0.05) is 39.0 Å². The van der Waals surface area contributed by atoms with Gasteiger partial charge in [0.05, 0.1) is 6.61 Å². The molecule has 5 atom stereocenters. The van der Waals surface area contributed by atoms with Crippen LogP contribution in [0.1, 0.15) is 52.4 Å². The maximum absolute atomic E-state index is 9.87. The molecule has 1 heterocycles. The van der Waals surface area contributed by atoms with E-state index in [1.54, 1.807) is 0 Å². The van der Waals surface area contributed by atoms with Crippen LogP contribution in [0, 0.1) is 0 Å². The summed E-state index contributed by atoms with van der Waals surface area (Å²) in [7, 11) is 0. The maximum atomic E-state index is 9.87. The maximum Gasteiger partial charge on any atom is 0.186 e. The molecule has 4 N–H and O–H groups in total. The van der Waals surface area contributed by atoms with Crippen LogP contribution in [0.4, 0.5) is 0 Å². The molecule has 1 rings (SSSR count). The number of hydrogen-bond acceptors (Lipinski definition) is 6. The standard InChI is InChI=1S/C15H30O6/c1-3-4-5-6-7-8-9-20-14-12(18)11(17)13(19)15(2,10-16)21-14/h11-14,16-19H,3-10H2,1-2H3/t11-,12?,13+,14-,15?/m1/s1. The summed E-state index contributed by atoms with van der Waals surface area (Å²) in [4.78, 5) is 0. The molecule has 21 heavy (non-hydrogen) atoms. The molecule has 1 aliphatic heterocycles. The summed E-state index contributed by atoms with van der Waals surface area (Å²) in [5.41, 5.74) is -1.33. The highest BCUT2D eigenvalue weighted by Crippen LogP contribution is 2.30. The van der Waals surface area contributed by atoms with Gasteiger partial charge >= 0.3 is 0 Å². The summed E-state index contributed by atoms with van der Waals surface area (Å²) in [6, 6.07) is 0. The van der Waals surface area contributed by atoms with Crippen molar-refractivity contribution in [1.29, 1.82) is 0 Å². The monoisotopic (exact) mass is 306 g/mol. The number of unbranched alkanes of at least 4 members (excludes halogenated alkanes) is 5. The van der Waals surface area contributed by atoms with Crippen molar-refractivity contribution in [2.45, 2.75) is 82.6 Å². The van der Waals surface area contributed by atoms with Crippen LogP contribution < -0.4 is 0 Å². The Balaban J connectivity index is 2.33. The van der Waals surface area contributed by atoms with Crippen molar-refractivity contribution in [2.24, 2.45) is 0 Å². The summed E-state index contributed by atoms with van der Waals surface area (Å²) >= 11 is 0. The van der Waals surface area contributed by atoms with E-state index >= 15 is 0 Å². The van der Waals surface area contributed by atoms with Gasteiger partial charge in [0.25, 0.3) is 0 Å². The van der Waals surface area contributed by atoms with E-state index in [0.717, 1.165) is 19.3 Å². The van der Waals surface area contributed by atoms with E-state index in [0.29, 0.717) is 6.61 Å². The van der Waals surface area contributed by atoms with Crippen LogP contribution in [0.5, 0.6) is 0 Å². The van der Waals surface area contributed by atoms with Crippen molar-refractivity contribution in [1.82, 2.24) is 0 Å². The largest absolute Gasteiger partial charge is 0.393 e. The van der Waals surface area contributed by atoms with Crippen LogP contribution >= 0.6 is 0 Å². The molecule has 0 radical (unpaired) electrons. The Morgan fingerprint density at radius 1 is 1.00 bits per heavy atom. The number of hydrogen-bond donors (Lipinski definition) is 4. The number of rotatable bonds is 9. The minimum absolute atomic E-state index is 0.415. The topological polar surface area (TPSA) is 99.4 Å². The fraction of sp³-hybridized carbons (Fsp3) is 1.00. The molecular formula is C15H30O6. The zero-order valence-corrected chi connectivity index (χ0v) is 13.1. The average Bonchev–Trinajstić information content (AvgIpc) is 2.49. The smallest absolute Gasteiger partial charge is 0.186 e. The third-order valence-electron chi connectivity index (χ3n) is 4.06. The summed E-state index contributed by atoms with van der Waals surface area (Å²) < 4.78 is 10.9. The number of aliphatic hydroxyl groups is 4. The average molecular weight is 306 g/mol. The first-order valence-corrected chi connectivity index (χ1v) is 7.90. The van der Waals surface area contributed by atoms with Gasteiger partial charge in [0.2, 0.25) is 0 Å². The van der Waals surface area contributed by atoms with Crippen LogP contribution in [0.25, 0.3) is 0 Å². The minimum atomic E-state index is -1.40. The van der Waals surface area contributed by atoms with Gasteiger partial charge in [-0.2, -0.15) is 0 Å². The van der Waals surface area contributed by atoms with Crippen molar-refractivity contribution in [3.8, 4) is 0 Å². The first-order chi connectivity index (χ1) is 9.96. The van der Waals surface area contributed by atoms with E-state index in [1.807, 2.05) is 0 Å². The van der Waals surface area contributed by atoms with Crippen LogP contribution in [0.2, 0.25) is 0 Å². The molecule has 6 heteroatoms. The molecule has 0 aromatic carbocycles. The van der Waals surface area contributed by atoms with Crippen molar-refractivity contribution < 1.29 is 29.9 Å². The molecule has 0 aromatic heterocycles. The Labute approximate surface area is 126 Å². The lowest BCUT2D eigenvalue weighted by molar-refractivity contribution is -0.333. The predicted octanol–water partition coefficient (Wildman–Crippen LogP) is 0.553. The van der Waals surface area contributed by atoms with Gasteiger partial charge in [-0.3, -0.25) is 0 Å². The van der Waals surface area contributed by atoms with E-state index in [9.17, 15) is 20.4 Å². The molecule has 0 spiro atoms. The second kappa shape index (κ2) is 9.02. The summed E-state index contributed by atoms with van der Waals surface area (Å²) in [5.74, 6) is 0. The molecule has 0 bridgehead atoms. The molecule has 1 saturated heterocycles.